The second-order valence-corrected chi connectivity index (χ2v) is 7.21. The summed E-state index contributed by atoms with van der Waals surface area (Å²) in [5, 5.41) is 4.17. The Morgan fingerprint density at radius 3 is 2.44 bits per heavy atom. The Balaban J connectivity index is 1.65. The minimum atomic E-state index is -0.439. The smallest absolute Gasteiger partial charge is 0.314 e. The first-order chi connectivity index (χ1) is 13.0. The van der Waals surface area contributed by atoms with E-state index in [4.69, 9.17) is 21.4 Å². The molecule has 0 aliphatic carbocycles. The highest BCUT2D eigenvalue weighted by atomic mass is 35.5. The molecule has 2 aromatic rings. The molecule has 144 valence electrons. The first-order valence-corrected chi connectivity index (χ1v) is 9.56. The van der Waals surface area contributed by atoms with Crippen LogP contribution in [0.5, 0.6) is 0 Å². The topological polar surface area (TPSA) is 50.8 Å². The molecule has 2 aromatic carbocycles. The quantitative estimate of drug-likeness (QED) is 0.604. The normalized spacial score (nSPS) is 18.9. The van der Waals surface area contributed by atoms with Crippen LogP contribution >= 0.6 is 11.6 Å². The maximum absolute atomic E-state index is 11.0. The maximum atomic E-state index is 11.0. The van der Waals surface area contributed by atoms with E-state index < -0.39 is 5.97 Å². The van der Waals surface area contributed by atoms with Gasteiger partial charge in [0, 0.05) is 37.6 Å². The van der Waals surface area contributed by atoms with Gasteiger partial charge in [0.15, 0.2) is 6.23 Å². The molecule has 1 aliphatic rings. The van der Waals surface area contributed by atoms with Crippen molar-refractivity contribution in [3.05, 3.63) is 59.1 Å². The molecule has 27 heavy (non-hydrogen) atoms. The molecule has 0 aromatic heterocycles. The van der Waals surface area contributed by atoms with Crippen LogP contribution < -0.4 is 5.32 Å². The van der Waals surface area contributed by atoms with Crippen LogP contribution in [0.1, 0.15) is 19.4 Å². The lowest BCUT2D eigenvalue weighted by Crippen LogP contribution is -2.56. The zero-order valence-electron chi connectivity index (χ0n) is 15.7. The molecule has 1 aliphatic heterocycles. The van der Waals surface area contributed by atoms with Crippen LogP contribution in [0.3, 0.4) is 0 Å². The van der Waals surface area contributed by atoms with Gasteiger partial charge in [-0.15, -0.1) is 0 Å². The van der Waals surface area contributed by atoms with E-state index in [9.17, 15) is 4.79 Å². The van der Waals surface area contributed by atoms with Gasteiger partial charge in [0.2, 0.25) is 0 Å². The molecule has 3 rings (SSSR count). The lowest BCUT2D eigenvalue weighted by atomic mass is 9.99. The third kappa shape index (κ3) is 5.53. The van der Waals surface area contributed by atoms with Crippen molar-refractivity contribution >= 4 is 17.6 Å². The Kier molecular flexibility index (Phi) is 6.85. The summed E-state index contributed by atoms with van der Waals surface area (Å²) in [5.74, 6) is -0.439. The van der Waals surface area contributed by atoms with Gasteiger partial charge in [-0.3, -0.25) is 9.79 Å². The zero-order chi connectivity index (χ0) is 19.2. The number of hydrogen-bond acceptors (Lipinski definition) is 5. The van der Waals surface area contributed by atoms with E-state index >= 15 is 0 Å². The summed E-state index contributed by atoms with van der Waals surface area (Å²) in [6, 6.07) is 16.7. The van der Waals surface area contributed by atoms with E-state index in [1.54, 1.807) is 0 Å². The molecule has 1 saturated heterocycles. The van der Waals surface area contributed by atoms with E-state index in [-0.39, 0.29) is 12.3 Å². The Hall–Kier alpha value is -1.92. The number of halogens is 1. The molecule has 0 bridgehead atoms. The van der Waals surface area contributed by atoms with E-state index in [1.807, 2.05) is 31.2 Å². The lowest BCUT2D eigenvalue weighted by molar-refractivity contribution is -0.323. The maximum Gasteiger partial charge on any atom is 0.339 e. The van der Waals surface area contributed by atoms with Crippen molar-refractivity contribution in [2.45, 2.75) is 32.5 Å². The summed E-state index contributed by atoms with van der Waals surface area (Å²) in [6.45, 7) is 5.84. The average Bonchev–Trinajstić information content (AvgIpc) is 2.68. The van der Waals surface area contributed by atoms with E-state index in [1.165, 1.54) is 18.1 Å². The van der Waals surface area contributed by atoms with Crippen LogP contribution in [-0.2, 0) is 21.0 Å². The number of carbonyl (C=O) groups excluding carboxylic acids is 1. The first-order valence-electron chi connectivity index (χ1n) is 9.18. The molecular formula is C21H25ClN2O3. The Labute approximate surface area is 165 Å². The molecule has 6 heteroatoms. The predicted octanol–water partition coefficient (Wildman–Crippen LogP) is 3.66. The summed E-state index contributed by atoms with van der Waals surface area (Å²) in [7, 11) is 0. The molecule has 5 nitrogen and oxygen atoms in total. The molecular weight excluding hydrogens is 364 g/mol. The summed E-state index contributed by atoms with van der Waals surface area (Å²) < 4.78 is 0. The van der Waals surface area contributed by atoms with Gasteiger partial charge in [0.05, 0.1) is 0 Å². The second-order valence-electron chi connectivity index (χ2n) is 6.77. The molecule has 0 radical (unpaired) electrons. The molecule has 2 atom stereocenters. The largest absolute Gasteiger partial charge is 0.339 e. The highest BCUT2D eigenvalue weighted by Gasteiger charge is 2.28. The van der Waals surface area contributed by atoms with Gasteiger partial charge in [-0.05, 0) is 42.2 Å². The molecule has 0 amide bonds. The van der Waals surface area contributed by atoms with Crippen LogP contribution in [-0.4, -0.2) is 42.8 Å². The Morgan fingerprint density at radius 1 is 1.19 bits per heavy atom. The lowest BCUT2D eigenvalue weighted by Gasteiger charge is -2.39. The van der Waals surface area contributed by atoms with Crippen LogP contribution in [0.2, 0.25) is 5.02 Å². The van der Waals surface area contributed by atoms with Crippen LogP contribution in [0, 0.1) is 0 Å². The number of hydrogen-bond donors (Lipinski definition) is 1. The van der Waals surface area contributed by atoms with Gasteiger partial charge in [0.25, 0.3) is 0 Å². The van der Waals surface area contributed by atoms with Gasteiger partial charge in [0.1, 0.15) is 0 Å². The van der Waals surface area contributed by atoms with Crippen molar-refractivity contribution in [3.8, 4) is 11.1 Å². The minimum absolute atomic E-state index is 0.269. The summed E-state index contributed by atoms with van der Waals surface area (Å²) in [5.41, 5.74) is 3.57. The fraction of sp³-hybridized carbons (Fsp3) is 0.381. The van der Waals surface area contributed by atoms with Crippen LogP contribution in [0.15, 0.2) is 48.5 Å². The number of carbonyl (C=O) groups is 1. The standard InChI is InChI=1S/C21H25ClN2O3/c1-15(26-27-16(2)25)24-12-11-23-14-21(24)13-17-3-5-18(6-4-17)19-7-9-20(22)10-8-19/h3-10,15,21,23H,11-14H2,1-2H3. The van der Waals surface area contributed by atoms with Gasteiger partial charge in [-0.25, -0.2) is 4.79 Å². The third-order valence-corrected chi connectivity index (χ3v) is 5.02. The van der Waals surface area contributed by atoms with Gasteiger partial charge in [-0.1, -0.05) is 48.0 Å². The SMILES string of the molecule is CC(=O)OOC(C)N1CCNCC1Cc1ccc(-c2ccc(Cl)cc2)cc1. The Morgan fingerprint density at radius 2 is 1.81 bits per heavy atom. The van der Waals surface area contributed by atoms with E-state index in [0.717, 1.165) is 36.6 Å². The molecule has 0 spiro atoms. The fourth-order valence-electron chi connectivity index (χ4n) is 3.39. The van der Waals surface area contributed by atoms with Gasteiger partial charge in [-0.2, -0.15) is 4.89 Å². The van der Waals surface area contributed by atoms with Crippen molar-refractivity contribution in [1.29, 1.82) is 0 Å². The summed E-state index contributed by atoms with van der Waals surface area (Å²) in [4.78, 5) is 23.2. The highest BCUT2D eigenvalue weighted by Crippen LogP contribution is 2.23. The average molecular weight is 389 g/mol. The molecule has 1 heterocycles. The van der Waals surface area contributed by atoms with Crippen molar-refractivity contribution in [2.24, 2.45) is 0 Å². The van der Waals surface area contributed by atoms with Crippen LogP contribution in [0.25, 0.3) is 11.1 Å². The molecule has 1 N–H and O–H groups in total. The predicted molar refractivity (Wildman–Crippen MR) is 106 cm³/mol. The summed E-state index contributed by atoms with van der Waals surface area (Å²) in [6.07, 6.45) is 0.608. The number of benzene rings is 2. The van der Waals surface area contributed by atoms with E-state index in [2.05, 4.69) is 34.5 Å². The second kappa shape index (κ2) is 9.33. The number of piperazine rings is 1. The first kappa shape index (κ1) is 19.8. The molecule has 1 fully saturated rings. The highest BCUT2D eigenvalue weighted by molar-refractivity contribution is 6.30. The van der Waals surface area contributed by atoms with Crippen LogP contribution in [0.4, 0.5) is 0 Å². The van der Waals surface area contributed by atoms with Gasteiger partial charge >= 0.3 is 5.97 Å². The van der Waals surface area contributed by atoms with Crippen molar-refractivity contribution in [2.75, 3.05) is 19.6 Å². The number of nitrogens with zero attached hydrogens (tertiary/aromatic N) is 1. The van der Waals surface area contributed by atoms with Gasteiger partial charge < -0.3 is 5.32 Å². The third-order valence-electron chi connectivity index (χ3n) is 4.77. The van der Waals surface area contributed by atoms with Crippen molar-refractivity contribution in [1.82, 2.24) is 10.2 Å². The number of nitrogens with one attached hydrogen (secondary N) is 1. The fourth-order valence-corrected chi connectivity index (χ4v) is 3.51. The number of rotatable bonds is 6. The zero-order valence-corrected chi connectivity index (χ0v) is 16.4. The molecule has 0 saturated carbocycles. The Bertz CT molecular complexity index is 749. The van der Waals surface area contributed by atoms with Crippen molar-refractivity contribution in [3.63, 3.8) is 0 Å². The summed E-state index contributed by atoms with van der Waals surface area (Å²) >= 11 is 5.96. The minimum Gasteiger partial charge on any atom is -0.314 e. The molecule has 2 unspecified atom stereocenters. The monoisotopic (exact) mass is 388 g/mol. The van der Waals surface area contributed by atoms with E-state index in [0.29, 0.717) is 0 Å². The van der Waals surface area contributed by atoms with Crippen molar-refractivity contribution < 1.29 is 14.6 Å².